The molecule has 0 unspecified atom stereocenters. The highest BCUT2D eigenvalue weighted by Gasteiger charge is 2.26. The summed E-state index contributed by atoms with van der Waals surface area (Å²) in [6, 6.07) is 1.92. The number of nitrogens with one attached hydrogen (secondary N) is 1. The van der Waals surface area contributed by atoms with Crippen LogP contribution in [-0.4, -0.2) is 23.9 Å². The Bertz CT molecular complexity index is 455. The molecule has 1 aliphatic rings. The van der Waals surface area contributed by atoms with Gasteiger partial charge in [-0.25, -0.2) is 5.84 Å². The topological polar surface area (TPSA) is 71.5 Å². The van der Waals surface area contributed by atoms with Crippen molar-refractivity contribution in [1.82, 2.24) is 10.3 Å². The van der Waals surface area contributed by atoms with Crippen LogP contribution in [0, 0.1) is 12.3 Å². The quantitative estimate of drug-likeness (QED) is 0.497. The lowest BCUT2D eigenvalue weighted by Crippen LogP contribution is -2.36. The van der Waals surface area contributed by atoms with Gasteiger partial charge in [-0.2, -0.15) is 0 Å². The van der Waals surface area contributed by atoms with Crippen LogP contribution < -0.4 is 11.3 Å². The summed E-state index contributed by atoms with van der Waals surface area (Å²) in [6.07, 6.45) is 2.39. The Hall–Kier alpha value is -1.33. The van der Waals surface area contributed by atoms with Crippen molar-refractivity contribution in [2.24, 2.45) is 11.3 Å². The Kier molecular flexibility index (Phi) is 3.96. The van der Waals surface area contributed by atoms with Crippen LogP contribution in [0.25, 0.3) is 0 Å². The molecule has 2 heterocycles. The van der Waals surface area contributed by atoms with E-state index in [1.807, 2.05) is 13.0 Å². The van der Waals surface area contributed by atoms with Gasteiger partial charge in [0.15, 0.2) is 5.76 Å². The summed E-state index contributed by atoms with van der Waals surface area (Å²) in [7, 11) is 0. The summed E-state index contributed by atoms with van der Waals surface area (Å²) in [5.41, 5.74) is 3.38. The lowest BCUT2D eigenvalue weighted by atomic mass is 9.83. The lowest BCUT2D eigenvalue weighted by molar-refractivity contribution is 0.0915. The zero-order valence-corrected chi connectivity index (χ0v) is 12.0. The van der Waals surface area contributed by atoms with Gasteiger partial charge in [-0.3, -0.25) is 15.1 Å². The van der Waals surface area contributed by atoms with E-state index in [-0.39, 0.29) is 5.91 Å². The standard InChI is InChI=1S/C14H23N3O2/c1-10-8-11(19-12(10)13(18)16-15)9-17-6-4-14(2,3)5-7-17/h8H,4-7,9,15H2,1-3H3,(H,16,18). The number of nitrogens with two attached hydrogens (primary N) is 1. The molecule has 1 saturated heterocycles. The fourth-order valence-corrected chi connectivity index (χ4v) is 2.45. The molecule has 3 N–H and O–H groups in total. The normalized spacial score (nSPS) is 19.4. The first-order valence-electron chi connectivity index (χ1n) is 6.74. The summed E-state index contributed by atoms with van der Waals surface area (Å²) < 4.78 is 5.59. The minimum absolute atomic E-state index is 0.315. The molecular weight excluding hydrogens is 242 g/mol. The molecule has 1 aromatic rings. The van der Waals surface area contributed by atoms with E-state index in [1.54, 1.807) is 0 Å². The average Bonchev–Trinajstić information content (AvgIpc) is 2.72. The Morgan fingerprint density at radius 3 is 2.68 bits per heavy atom. The summed E-state index contributed by atoms with van der Waals surface area (Å²) in [6.45, 7) is 9.39. The van der Waals surface area contributed by atoms with Gasteiger partial charge in [0.2, 0.25) is 0 Å². The Balaban J connectivity index is 1.99. The van der Waals surface area contributed by atoms with Crippen LogP contribution in [0.15, 0.2) is 10.5 Å². The molecule has 1 fully saturated rings. The van der Waals surface area contributed by atoms with Crippen molar-refractivity contribution >= 4 is 5.91 Å². The number of hydrogen-bond donors (Lipinski definition) is 2. The fourth-order valence-electron chi connectivity index (χ4n) is 2.45. The molecule has 0 radical (unpaired) electrons. The Morgan fingerprint density at radius 2 is 2.11 bits per heavy atom. The van der Waals surface area contributed by atoms with E-state index in [0.717, 1.165) is 31.0 Å². The van der Waals surface area contributed by atoms with Gasteiger partial charge in [-0.1, -0.05) is 13.8 Å². The van der Waals surface area contributed by atoms with Crippen LogP contribution in [0.2, 0.25) is 0 Å². The van der Waals surface area contributed by atoms with Gasteiger partial charge in [0, 0.05) is 5.56 Å². The third-order valence-corrected chi connectivity index (χ3v) is 3.90. The smallest absolute Gasteiger partial charge is 0.301 e. The van der Waals surface area contributed by atoms with Gasteiger partial charge < -0.3 is 4.42 Å². The minimum Gasteiger partial charge on any atom is -0.454 e. The third kappa shape index (κ3) is 3.36. The van der Waals surface area contributed by atoms with Gasteiger partial charge in [0.25, 0.3) is 0 Å². The van der Waals surface area contributed by atoms with Crippen LogP contribution in [0.1, 0.15) is 48.6 Å². The molecule has 5 nitrogen and oxygen atoms in total. The highest BCUT2D eigenvalue weighted by Crippen LogP contribution is 2.30. The van der Waals surface area contributed by atoms with Gasteiger partial charge >= 0.3 is 5.91 Å². The maximum absolute atomic E-state index is 11.5. The number of hydrogen-bond acceptors (Lipinski definition) is 4. The van der Waals surface area contributed by atoms with Crippen molar-refractivity contribution in [3.05, 3.63) is 23.2 Å². The zero-order valence-electron chi connectivity index (χ0n) is 12.0. The molecule has 0 aromatic carbocycles. The number of rotatable bonds is 3. The highest BCUT2D eigenvalue weighted by atomic mass is 16.4. The summed E-state index contributed by atoms with van der Waals surface area (Å²) in [4.78, 5) is 13.9. The number of furan rings is 1. The predicted octanol–water partition coefficient (Wildman–Crippen LogP) is 1.81. The molecule has 0 atom stereocenters. The second kappa shape index (κ2) is 5.35. The predicted molar refractivity (Wildman–Crippen MR) is 73.4 cm³/mol. The first kappa shape index (κ1) is 14.1. The molecule has 1 aliphatic heterocycles. The van der Waals surface area contributed by atoms with Gasteiger partial charge in [0.1, 0.15) is 5.76 Å². The Morgan fingerprint density at radius 1 is 1.47 bits per heavy atom. The van der Waals surface area contributed by atoms with E-state index in [1.165, 1.54) is 12.8 Å². The van der Waals surface area contributed by atoms with Crippen molar-refractivity contribution in [2.75, 3.05) is 13.1 Å². The maximum atomic E-state index is 11.5. The number of carbonyl (C=O) groups excluding carboxylic acids is 1. The van der Waals surface area contributed by atoms with Crippen LogP contribution in [0.5, 0.6) is 0 Å². The van der Waals surface area contributed by atoms with Crippen LogP contribution >= 0.6 is 0 Å². The van der Waals surface area contributed by atoms with Gasteiger partial charge in [-0.15, -0.1) is 0 Å². The second-order valence-electron chi connectivity index (χ2n) is 6.14. The van der Waals surface area contributed by atoms with E-state index >= 15 is 0 Å². The molecule has 1 aromatic heterocycles. The van der Waals surface area contributed by atoms with Crippen molar-refractivity contribution in [3.8, 4) is 0 Å². The summed E-state index contributed by atoms with van der Waals surface area (Å²) >= 11 is 0. The number of carbonyl (C=O) groups is 1. The molecule has 2 rings (SSSR count). The SMILES string of the molecule is Cc1cc(CN2CCC(C)(C)CC2)oc1C(=O)NN. The molecule has 0 aliphatic carbocycles. The van der Waals surface area contributed by atoms with E-state index < -0.39 is 0 Å². The van der Waals surface area contributed by atoms with Crippen molar-refractivity contribution in [2.45, 2.75) is 40.2 Å². The molecule has 0 spiro atoms. The van der Waals surface area contributed by atoms with Crippen LogP contribution in [-0.2, 0) is 6.54 Å². The molecule has 0 saturated carbocycles. The number of amides is 1. The number of likely N-dealkylation sites (tertiary alicyclic amines) is 1. The van der Waals surface area contributed by atoms with E-state index in [9.17, 15) is 4.79 Å². The molecule has 106 valence electrons. The third-order valence-electron chi connectivity index (χ3n) is 3.90. The van der Waals surface area contributed by atoms with E-state index in [2.05, 4.69) is 24.2 Å². The zero-order chi connectivity index (χ0) is 14.0. The monoisotopic (exact) mass is 265 g/mol. The van der Waals surface area contributed by atoms with E-state index in [0.29, 0.717) is 11.2 Å². The second-order valence-corrected chi connectivity index (χ2v) is 6.14. The van der Waals surface area contributed by atoms with Crippen molar-refractivity contribution < 1.29 is 9.21 Å². The number of nitrogens with zero attached hydrogens (tertiary/aromatic N) is 1. The fraction of sp³-hybridized carbons (Fsp3) is 0.643. The van der Waals surface area contributed by atoms with Crippen LogP contribution in [0.4, 0.5) is 0 Å². The highest BCUT2D eigenvalue weighted by molar-refractivity contribution is 5.92. The number of hydrazine groups is 1. The average molecular weight is 265 g/mol. The molecule has 0 bridgehead atoms. The number of piperidine rings is 1. The summed E-state index contributed by atoms with van der Waals surface area (Å²) in [5, 5.41) is 0. The molecule has 5 heteroatoms. The molecule has 19 heavy (non-hydrogen) atoms. The van der Waals surface area contributed by atoms with Crippen molar-refractivity contribution in [1.29, 1.82) is 0 Å². The van der Waals surface area contributed by atoms with Crippen LogP contribution in [0.3, 0.4) is 0 Å². The molecular formula is C14H23N3O2. The lowest BCUT2D eigenvalue weighted by Gasteiger charge is -2.36. The van der Waals surface area contributed by atoms with Crippen molar-refractivity contribution in [3.63, 3.8) is 0 Å². The largest absolute Gasteiger partial charge is 0.454 e. The maximum Gasteiger partial charge on any atom is 0.301 e. The minimum atomic E-state index is -0.372. The Labute approximate surface area is 114 Å². The molecule has 1 amide bonds. The summed E-state index contributed by atoms with van der Waals surface area (Å²) in [5.74, 6) is 5.90. The first-order valence-corrected chi connectivity index (χ1v) is 6.74. The first-order chi connectivity index (χ1) is 8.91. The van der Waals surface area contributed by atoms with E-state index in [4.69, 9.17) is 10.3 Å². The number of aryl methyl sites for hydroxylation is 1. The van der Waals surface area contributed by atoms with Gasteiger partial charge in [0.05, 0.1) is 6.54 Å². The number of nitrogen functional groups attached to an aromatic ring is 1. The van der Waals surface area contributed by atoms with Gasteiger partial charge in [-0.05, 0) is 44.3 Å².